The molecule has 14 heavy (non-hydrogen) atoms. The minimum absolute atomic E-state index is 0.268. The van der Waals surface area contributed by atoms with Gasteiger partial charge < -0.3 is 5.32 Å². The van der Waals surface area contributed by atoms with Gasteiger partial charge in [-0.05, 0) is 19.5 Å². The van der Waals surface area contributed by atoms with Crippen molar-refractivity contribution in [3.8, 4) is 12.3 Å². The van der Waals surface area contributed by atoms with E-state index in [2.05, 4.69) is 16.1 Å². The van der Waals surface area contributed by atoms with Crippen LogP contribution in [0.1, 0.15) is 19.3 Å². The van der Waals surface area contributed by atoms with Crippen LogP contribution in [0.15, 0.2) is 0 Å². The quantitative estimate of drug-likeness (QED) is 0.652. The maximum absolute atomic E-state index is 11.4. The molecule has 0 aromatic rings. The number of carbonyl (C=O) groups excluding carboxylic acids is 1. The van der Waals surface area contributed by atoms with E-state index in [1.54, 1.807) is 0 Å². The predicted octanol–water partition coefficient (Wildman–Crippen LogP) is 0.264. The Labute approximate surface area is 85.9 Å². The van der Waals surface area contributed by atoms with E-state index >= 15 is 0 Å². The molecule has 0 atom stereocenters. The van der Waals surface area contributed by atoms with E-state index in [4.69, 9.17) is 6.42 Å². The van der Waals surface area contributed by atoms with E-state index in [1.165, 1.54) is 0 Å². The molecule has 1 N–H and O–H groups in total. The molecular formula is C11H18N2O. The molecule has 0 unspecified atom stereocenters. The molecular weight excluding hydrogens is 176 g/mol. The lowest BCUT2D eigenvalue weighted by Crippen LogP contribution is -2.32. The first-order chi connectivity index (χ1) is 6.83. The molecule has 0 saturated carbocycles. The van der Waals surface area contributed by atoms with E-state index in [0.29, 0.717) is 19.4 Å². The number of nitrogens with zero attached hydrogens (tertiary/aromatic N) is 1. The number of nitrogens with one attached hydrogen (secondary N) is 1. The third-order valence-electron chi connectivity index (χ3n) is 2.38. The van der Waals surface area contributed by atoms with Gasteiger partial charge in [-0.1, -0.05) is 0 Å². The summed E-state index contributed by atoms with van der Waals surface area (Å²) < 4.78 is 0. The first-order valence-corrected chi connectivity index (χ1v) is 5.21. The molecule has 1 fully saturated rings. The largest absolute Gasteiger partial charge is 0.315 e. The maximum Gasteiger partial charge on any atom is 0.147 e. The monoisotopic (exact) mass is 194 g/mol. The van der Waals surface area contributed by atoms with Gasteiger partial charge in [-0.25, -0.2) is 0 Å². The Morgan fingerprint density at radius 1 is 1.43 bits per heavy atom. The highest BCUT2D eigenvalue weighted by atomic mass is 16.1. The molecule has 0 bridgehead atoms. The van der Waals surface area contributed by atoms with Crippen LogP contribution in [0, 0.1) is 12.3 Å². The van der Waals surface area contributed by atoms with Gasteiger partial charge in [-0.2, -0.15) is 0 Å². The van der Waals surface area contributed by atoms with Crippen LogP contribution < -0.4 is 5.32 Å². The Morgan fingerprint density at radius 2 is 2.29 bits per heavy atom. The molecule has 0 aliphatic carbocycles. The standard InChI is InChI=1S/C11H18N2O/c1-2-3-5-11(14)10-13-8-4-6-12-7-9-13/h1,12H,3-10H2. The number of carbonyl (C=O) groups is 1. The van der Waals surface area contributed by atoms with Crippen molar-refractivity contribution in [1.29, 1.82) is 0 Å². The van der Waals surface area contributed by atoms with Crippen molar-refractivity contribution in [3.63, 3.8) is 0 Å². The van der Waals surface area contributed by atoms with Gasteiger partial charge in [0.2, 0.25) is 0 Å². The molecule has 3 nitrogen and oxygen atoms in total. The summed E-state index contributed by atoms with van der Waals surface area (Å²) in [7, 11) is 0. The number of terminal acetylenes is 1. The van der Waals surface area contributed by atoms with Crippen LogP contribution in [0.4, 0.5) is 0 Å². The van der Waals surface area contributed by atoms with Crippen molar-refractivity contribution >= 4 is 5.78 Å². The lowest BCUT2D eigenvalue weighted by atomic mass is 10.2. The summed E-state index contributed by atoms with van der Waals surface area (Å²) >= 11 is 0. The SMILES string of the molecule is C#CCCC(=O)CN1CCCNCC1. The van der Waals surface area contributed by atoms with Gasteiger partial charge in [0.25, 0.3) is 0 Å². The zero-order valence-electron chi connectivity index (χ0n) is 8.59. The van der Waals surface area contributed by atoms with Gasteiger partial charge in [0.15, 0.2) is 0 Å². The van der Waals surface area contributed by atoms with Crippen LogP contribution in [0.25, 0.3) is 0 Å². The molecule has 0 amide bonds. The molecule has 0 aromatic carbocycles. The van der Waals surface area contributed by atoms with Crippen molar-refractivity contribution < 1.29 is 4.79 Å². The second-order valence-corrected chi connectivity index (χ2v) is 3.62. The molecule has 1 aliphatic rings. The maximum atomic E-state index is 11.4. The smallest absolute Gasteiger partial charge is 0.147 e. The second-order valence-electron chi connectivity index (χ2n) is 3.62. The highest BCUT2D eigenvalue weighted by Gasteiger charge is 2.11. The van der Waals surface area contributed by atoms with Crippen molar-refractivity contribution in [2.75, 3.05) is 32.7 Å². The second kappa shape index (κ2) is 6.58. The average Bonchev–Trinajstić information content (AvgIpc) is 2.43. The third kappa shape index (κ3) is 4.40. The van der Waals surface area contributed by atoms with Crippen LogP contribution in [0.3, 0.4) is 0 Å². The first kappa shape index (κ1) is 11.2. The summed E-state index contributed by atoms with van der Waals surface area (Å²) in [4.78, 5) is 13.6. The van der Waals surface area contributed by atoms with E-state index in [1.807, 2.05) is 0 Å². The number of hydrogen-bond donors (Lipinski definition) is 1. The van der Waals surface area contributed by atoms with Gasteiger partial charge in [-0.3, -0.25) is 9.69 Å². The van der Waals surface area contributed by atoms with Crippen molar-refractivity contribution in [1.82, 2.24) is 10.2 Å². The van der Waals surface area contributed by atoms with E-state index in [-0.39, 0.29) is 5.78 Å². The number of Topliss-reactive ketones (excluding diaryl/α,β-unsaturated/α-hetero) is 1. The van der Waals surface area contributed by atoms with E-state index in [9.17, 15) is 4.79 Å². The third-order valence-corrected chi connectivity index (χ3v) is 2.38. The zero-order chi connectivity index (χ0) is 10.2. The van der Waals surface area contributed by atoms with Crippen molar-refractivity contribution in [3.05, 3.63) is 0 Å². The summed E-state index contributed by atoms with van der Waals surface area (Å²) in [6.07, 6.45) is 7.34. The predicted molar refractivity (Wildman–Crippen MR) is 57.0 cm³/mol. The molecule has 1 rings (SSSR count). The Morgan fingerprint density at radius 3 is 3.07 bits per heavy atom. The van der Waals surface area contributed by atoms with E-state index in [0.717, 1.165) is 32.6 Å². The fourth-order valence-electron chi connectivity index (χ4n) is 1.60. The highest BCUT2D eigenvalue weighted by molar-refractivity contribution is 5.80. The number of rotatable bonds is 4. The molecule has 1 heterocycles. The molecule has 78 valence electrons. The Bertz CT molecular complexity index is 212. The normalized spacial score (nSPS) is 18.5. The summed E-state index contributed by atoms with van der Waals surface area (Å²) in [5.41, 5.74) is 0. The first-order valence-electron chi connectivity index (χ1n) is 5.21. The Kier molecular flexibility index (Phi) is 5.28. The average molecular weight is 194 g/mol. The minimum Gasteiger partial charge on any atom is -0.315 e. The van der Waals surface area contributed by atoms with Gasteiger partial charge in [0, 0.05) is 25.9 Å². The summed E-state index contributed by atoms with van der Waals surface area (Å²) in [5.74, 6) is 2.76. The van der Waals surface area contributed by atoms with Gasteiger partial charge >= 0.3 is 0 Å². The molecule has 0 aromatic heterocycles. The minimum atomic E-state index is 0.268. The zero-order valence-corrected chi connectivity index (χ0v) is 8.59. The summed E-state index contributed by atoms with van der Waals surface area (Å²) in [6.45, 7) is 4.62. The summed E-state index contributed by atoms with van der Waals surface area (Å²) in [6, 6.07) is 0. The lowest BCUT2D eigenvalue weighted by Gasteiger charge is -2.17. The van der Waals surface area contributed by atoms with Gasteiger partial charge in [0.1, 0.15) is 5.78 Å². The Hall–Kier alpha value is -0.850. The Balaban J connectivity index is 2.21. The summed E-state index contributed by atoms with van der Waals surface area (Å²) in [5, 5.41) is 3.31. The molecule has 0 spiro atoms. The van der Waals surface area contributed by atoms with Crippen LogP contribution in [-0.2, 0) is 4.79 Å². The van der Waals surface area contributed by atoms with Crippen LogP contribution >= 0.6 is 0 Å². The highest BCUT2D eigenvalue weighted by Crippen LogP contribution is 1.98. The van der Waals surface area contributed by atoms with Crippen molar-refractivity contribution in [2.24, 2.45) is 0 Å². The van der Waals surface area contributed by atoms with Crippen LogP contribution in [0.5, 0.6) is 0 Å². The molecule has 0 radical (unpaired) electrons. The number of ketones is 1. The van der Waals surface area contributed by atoms with Gasteiger partial charge in [-0.15, -0.1) is 12.3 Å². The topological polar surface area (TPSA) is 32.3 Å². The molecule has 1 saturated heterocycles. The fourth-order valence-corrected chi connectivity index (χ4v) is 1.60. The van der Waals surface area contributed by atoms with Crippen molar-refractivity contribution in [2.45, 2.75) is 19.3 Å². The van der Waals surface area contributed by atoms with E-state index < -0.39 is 0 Å². The van der Waals surface area contributed by atoms with Crippen LogP contribution in [0.2, 0.25) is 0 Å². The van der Waals surface area contributed by atoms with Crippen LogP contribution in [-0.4, -0.2) is 43.4 Å². The number of hydrogen-bond acceptors (Lipinski definition) is 3. The fraction of sp³-hybridized carbons (Fsp3) is 0.727. The molecule has 1 aliphatic heterocycles. The lowest BCUT2D eigenvalue weighted by molar-refractivity contribution is -0.120. The molecule has 3 heteroatoms. The van der Waals surface area contributed by atoms with Gasteiger partial charge in [0.05, 0.1) is 6.54 Å².